The van der Waals surface area contributed by atoms with Gasteiger partial charge < -0.3 is 10.5 Å². The lowest BCUT2D eigenvalue weighted by Gasteiger charge is -2.14. The highest BCUT2D eigenvalue weighted by atomic mass is 16.5. The van der Waals surface area contributed by atoms with Gasteiger partial charge >= 0.3 is 0 Å². The highest BCUT2D eigenvalue weighted by molar-refractivity contribution is 5.82. The fourth-order valence-electron chi connectivity index (χ4n) is 2.36. The van der Waals surface area contributed by atoms with E-state index in [2.05, 4.69) is 24.9 Å². The molecule has 1 aromatic carbocycles. The molecule has 0 radical (unpaired) electrons. The minimum Gasteiger partial charge on any atom is -0.477 e. The summed E-state index contributed by atoms with van der Waals surface area (Å²) < 4.78 is 5.41. The number of benzene rings is 1. The van der Waals surface area contributed by atoms with Gasteiger partial charge in [0.2, 0.25) is 5.88 Å². The monoisotopic (exact) mass is 306 g/mol. The topological polar surface area (TPSA) is 95.7 Å². The van der Waals surface area contributed by atoms with E-state index in [0.717, 1.165) is 5.56 Å². The van der Waals surface area contributed by atoms with Crippen LogP contribution in [-0.4, -0.2) is 11.6 Å². The highest BCUT2D eigenvalue weighted by Gasteiger charge is 2.21. The van der Waals surface area contributed by atoms with Crippen LogP contribution in [0, 0.1) is 22.7 Å². The Labute approximate surface area is 136 Å². The number of rotatable bonds is 4. The first-order valence-electron chi connectivity index (χ1n) is 7.40. The maximum absolute atomic E-state index is 9.52. The molecule has 0 atom stereocenters. The van der Waals surface area contributed by atoms with Crippen LogP contribution in [0.25, 0.3) is 11.1 Å². The quantitative estimate of drug-likeness (QED) is 0.931. The second kappa shape index (κ2) is 6.81. The third-order valence-corrected chi connectivity index (χ3v) is 3.56. The van der Waals surface area contributed by atoms with Crippen LogP contribution >= 0.6 is 0 Å². The Morgan fingerprint density at radius 2 is 1.74 bits per heavy atom. The predicted octanol–water partition coefficient (Wildman–Crippen LogP) is 3.60. The van der Waals surface area contributed by atoms with Gasteiger partial charge in [0, 0.05) is 5.56 Å². The Bertz CT molecular complexity index is 796. The van der Waals surface area contributed by atoms with Crippen molar-refractivity contribution < 1.29 is 4.74 Å². The van der Waals surface area contributed by atoms with Gasteiger partial charge in [0.05, 0.1) is 6.61 Å². The molecule has 23 heavy (non-hydrogen) atoms. The van der Waals surface area contributed by atoms with Crippen molar-refractivity contribution in [2.24, 2.45) is 0 Å². The molecule has 0 saturated carbocycles. The molecular weight excluding hydrogens is 288 g/mol. The summed E-state index contributed by atoms with van der Waals surface area (Å²) in [6, 6.07) is 11.9. The van der Waals surface area contributed by atoms with E-state index in [1.807, 2.05) is 30.3 Å². The summed E-state index contributed by atoms with van der Waals surface area (Å²) in [7, 11) is 0. The van der Waals surface area contributed by atoms with E-state index in [-0.39, 0.29) is 22.8 Å². The van der Waals surface area contributed by atoms with Gasteiger partial charge in [0.15, 0.2) is 0 Å². The fraction of sp³-hybridized carbons (Fsp3) is 0.278. The summed E-state index contributed by atoms with van der Waals surface area (Å²) in [6.45, 7) is 6.37. The molecule has 0 spiro atoms. The number of ether oxygens (including phenoxy) is 1. The van der Waals surface area contributed by atoms with Crippen LogP contribution in [0.3, 0.4) is 0 Å². The molecule has 2 N–H and O–H groups in total. The molecule has 0 aliphatic heterocycles. The molecule has 0 bridgehead atoms. The molecule has 2 rings (SSSR count). The normalized spacial score (nSPS) is 10.2. The summed E-state index contributed by atoms with van der Waals surface area (Å²) in [5.41, 5.74) is 8.71. The number of hydrogen-bond acceptors (Lipinski definition) is 5. The van der Waals surface area contributed by atoms with Crippen LogP contribution in [-0.2, 0) is 0 Å². The summed E-state index contributed by atoms with van der Waals surface area (Å²) >= 11 is 0. The van der Waals surface area contributed by atoms with Crippen molar-refractivity contribution in [3.8, 4) is 29.1 Å². The van der Waals surface area contributed by atoms with Crippen LogP contribution in [0.15, 0.2) is 24.3 Å². The van der Waals surface area contributed by atoms with Crippen molar-refractivity contribution in [2.45, 2.75) is 26.7 Å². The first-order chi connectivity index (χ1) is 11.0. The lowest BCUT2D eigenvalue weighted by molar-refractivity contribution is 0.326. The Hall–Kier alpha value is -3.05. The minimum atomic E-state index is 0.0675. The summed E-state index contributed by atoms with van der Waals surface area (Å²) in [5, 5.41) is 18.9. The summed E-state index contributed by atoms with van der Waals surface area (Å²) in [4.78, 5) is 4.05. The molecule has 1 heterocycles. The molecule has 2 aromatic rings. The van der Waals surface area contributed by atoms with Crippen molar-refractivity contribution in [1.82, 2.24) is 4.98 Å². The van der Waals surface area contributed by atoms with Gasteiger partial charge in [0.1, 0.15) is 29.1 Å². The second-order valence-electron chi connectivity index (χ2n) is 5.36. The number of anilines is 1. The first-order valence-corrected chi connectivity index (χ1v) is 7.40. The van der Waals surface area contributed by atoms with Gasteiger partial charge in [-0.1, -0.05) is 38.1 Å². The van der Waals surface area contributed by atoms with E-state index in [1.54, 1.807) is 6.92 Å². The molecule has 0 aliphatic rings. The standard InChI is InChI=1S/C18H18N4O/c1-4-23-18-15(10-20)16(14(9-19)17(21)22-18)13-7-5-12(6-8-13)11(2)3/h5-8,11H,4H2,1-3H3,(H2,21,22). The molecule has 0 amide bonds. The maximum atomic E-state index is 9.52. The van der Waals surface area contributed by atoms with E-state index >= 15 is 0 Å². The second-order valence-corrected chi connectivity index (χ2v) is 5.36. The van der Waals surface area contributed by atoms with Crippen molar-refractivity contribution in [3.63, 3.8) is 0 Å². The number of nitrogens with two attached hydrogens (primary N) is 1. The van der Waals surface area contributed by atoms with Gasteiger partial charge in [0.25, 0.3) is 0 Å². The molecule has 0 fully saturated rings. The third-order valence-electron chi connectivity index (χ3n) is 3.56. The van der Waals surface area contributed by atoms with Crippen molar-refractivity contribution >= 4 is 5.82 Å². The predicted molar refractivity (Wildman–Crippen MR) is 88.8 cm³/mol. The molecule has 0 unspecified atom stereocenters. The van der Waals surface area contributed by atoms with Crippen molar-refractivity contribution in [2.75, 3.05) is 12.3 Å². The largest absolute Gasteiger partial charge is 0.477 e. The zero-order valence-corrected chi connectivity index (χ0v) is 13.4. The van der Waals surface area contributed by atoms with Crippen LogP contribution in [0.2, 0.25) is 0 Å². The first kappa shape index (κ1) is 16.3. The lowest BCUT2D eigenvalue weighted by atomic mass is 9.94. The molecule has 116 valence electrons. The van der Waals surface area contributed by atoms with E-state index in [0.29, 0.717) is 18.1 Å². The third kappa shape index (κ3) is 3.09. The Morgan fingerprint density at radius 3 is 2.22 bits per heavy atom. The lowest BCUT2D eigenvalue weighted by Crippen LogP contribution is -2.06. The SMILES string of the molecule is CCOc1nc(N)c(C#N)c(-c2ccc(C(C)C)cc2)c1C#N. The minimum absolute atomic E-state index is 0.0675. The maximum Gasteiger partial charge on any atom is 0.234 e. The average Bonchev–Trinajstić information content (AvgIpc) is 2.54. The fourth-order valence-corrected chi connectivity index (χ4v) is 2.36. The molecule has 5 nitrogen and oxygen atoms in total. The van der Waals surface area contributed by atoms with Crippen LogP contribution in [0.4, 0.5) is 5.82 Å². The van der Waals surface area contributed by atoms with Gasteiger partial charge in [-0.05, 0) is 24.0 Å². The Morgan fingerprint density at radius 1 is 1.13 bits per heavy atom. The van der Waals surface area contributed by atoms with Crippen LogP contribution < -0.4 is 10.5 Å². The zero-order valence-electron chi connectivity index (χ0n) is 13.4. The van der Waals surface area contributed by atoms with E-state index in [1.165, 1.54) is 5.56 Å². The highest BCUT2D eigenvalue weighted by Crippen LogP contribution is 2.35. The van der Waals surface area contributed by atoms with E-state index in [4.69, 9.17) is 10.5 Å². The number of nitriles is 2. The number of nitrogen functional groups attached to an aromatic ring is 1. The summed E-state index contributed by atoms with van der Waals surface area (Å²) in [5.74, 6) is 0.628. The number of hydrogen-bond donors (Lipinski definition) is 1. The number of aromatic nitrogens is 1. The van der Waals surface area contributed by atoms with Gasteiger partial charge in [-0.25, -0.2) is 0 Å². The zero-order chi connectivity index (χ0) is 17.0. The summed E-state index contributed by atoms with van der Waals surface area (Å²) in [6.07, 6.45) is 0. The molecule has 1 aromatic heterocycles. The van der Waals surface area contributed by atoms with Crippen molar-refractivity contribution in [3.05, 3.63) is 41.0 Å². The van der Waals surface area contributed by atoms with E-state index < -0.39 is 0 Å². The molecule has 0 aliphatic carbocycles. The van der Waals surface area contributed by atoms with Gasteiger partial charge in [-0.15, -0.1) is 0 Å². The Kier molecular flexibility index (Phi) is 4.83. The molecule has 0 saturated heterocycles. The molecule has 5 heteroatoms. The average molecular weight is 306 g/mol. The number of pyridine rings is 1. The van der Waals surface area contributed by atoms with Gasteiger partial charge in [-0.2, -0.15) is 15.5 Å². The molecular formula is C18H18N4O. The van der Waals surface area contributed by atoms with Gasteiger partial charge in [-0.3, -0.25) is 0 Å². The smallest absolute Gasteiger partial charge is 0.234 e. The van der Waals surface area contributed by atoms with Crippen molar-refractivity contribution in [1.29, 1.82) is 10.5 Å². The van der Waals surface area contributed by atoms with Crippen LogP contribution in [0.1, 0.15) is 43.4 Å². The van der Waals surface area contributed by atoms with E-state index in [9.17, 15) is 10.5 Å². The van der Waals surface area contributed by atoms with Crippen LogP contribution in [0.5, 0.6) is 5.88 Å². The number of nitrogens with zero attached hydrogens (tertiary/aromatic N) is 3. The Balaban J connectivity index is 2.73.